The van der Waals surface area contributed by atoms with Crippen molar-refractivity contribution in [2.75, 3.05) is 12.4 Å². The fourth-order valence-corrected chi connectivity index (χ4v) is 3.69. The molecule has 0 amide bonds. The molecule has 0 radical (unpaired) electrons. The highest BCUT2D eigenvalue weighted by molar-refractivity contribution is 7.89. The molecule has 0 heterocycles. The first-order valence-corrected chi connectivity index (χ1v) is 9.43. The lowest BCUT2D eigenvalue weighted by Crippen LogP contribution is -2.44. The van der Waals surface area contributed by atoms with Gasteiger partial charge in [0.15, 0.2) is 0 Å². The van der Waals surface area contributed by atoms with Crippen LogP contribution >= 0.6 is 0 Å². The number of rotatable bonds is 6. The van der Waals surface area contributed by atoms with Gasteiger partial charge in [-0.05, 0) is 31.9 Å². The molecule has 0 aliphatic heterocycles. The normalized spacial score (nSPS) is 21.6. The number of benzene rings is 1. The van der Waals surface area contributed by atoms with Crippen molar-refractivity contribution in [2.45, 2.75) is 38.6 Å². The topological polar surface area (TPSA) is 79.2 Å². The number of nitrogens with one attached hydrogen (secondary N) is 1. The van der Waals surface area contributed by atoms with Crippen molar-refractivity contribution in [2.24, 2.45) is 5.92 Å². The first-order chi connectivity index (χ1) is 10.9. The Bertz CT molecular complexity index is 685. The summed E-state index contributed by atoms with van der Waals surface area (Å²) >= 11 is 0. The molecule has 0 aromatic heterocycles. The van der Waals surface area contributed by atoms with Crippen LogP contribution in [0, 0.1) is 23.1 Å². The molecule has 126 valence electrons. The number of sulfonamides is 1. The largest absolute Gasteiger partial charge is 0.493 e. The van der Waals surface area contributed by atoms with E-state index in [1.807, 2.05) is 0 Å². The summed E-state index contributed by atoms with van der Waals surface area (Å²) in [5.74, 6) is -0.150. The van der Waals surface area contributed by atoms with Crippen LogP contribution in [0.5, 0.6) is 5.75 Å². The van der Waals surface area contributed by atoms with Gasteiger partial charge in [0.1, 0.15) is 17.6 Å². The van der Waals surface area contributed by atoms with Crippen LogP contribution in [0.3, 0.4) is 0 Å². The molecular weight excluding hydrogens is 319 g/mol. The van der Waals surface area contributed by atoms with Crippen LogP contribution in [0.4, 0.5) is 4.39 Å². The first kappa shape index (κ1) is 17.7. The Hall–Kier alpha value is -1.65. The minimum Gasteiger partial charge on any atom is -0.493 e. The highest BCUT2D eigenvalue weighted by atomic mass is 32.2. The summed E-state index contributed by atoms with van der Waals surface area (Å²) in [6.07, 6.45) is 3.67. The Labute approximate surface area is 136 Å². The van der Waals surface area contributed by atoms with Crippen molar-refractivity contribution in [3.8, 4) is 11.8 Å². The van der Waals surface area contributed by atoms with Gasteiger partial charge >= 0.3 is 0 Å². The third kappa shape index (κ3) is 4.91. The van der Waals surface area contributed by atoms with E-state index >= 15 is 0 Å². The number of ether oxygens (including phenoxy) is 1. The molecule has 2 rings (SSSR count). The van der Waals surface area contributed by atoms with Gasteiger partial charge in [0.25, 0.3) is 0 Å². The summed E-state index contributed by atoms with van der Waals surface area (Å²) in [5.41, 5.74) is -0.0244. The summed E-state index contributed by atoms with van der Waals surface area (Å²) in [6, 6.07) is 5.73. The molecule has 2 unspecified atom stereocenters. The van der Waals surface area contributed by atoms with Crippen molar-refractivity contribution in [3.63, 3.8) is 0 Å². The van der Waals surface area contributed by atoms with E-state index in [4.69, 9.17) is 10.00 Å². The molecule has 5 nitrogen and oxygen atoms in total. The highest BCUT2D eigenvalue weighted by Gasteiger charge is 2.28. The van der Waals surface area contributed by atoms with Crippen molar-refractivity contribution in [1.82, 2.24) is 4.72 Å². The van der Waals surface area contributed by atoms with Crippen molar-refractivity contribution in [1.29, 1.82) is 5.26 Å². The third-order valence-electron chi connectivity index (χ3n) is 4.15. The Morgan fingerprint density at radius 2 is 2.13 bits per heavy atom. The Kier molecular flexibility index (Phi) is 5.97. The van der Waals surface area contributed by atoms with Gasteiger partial charge in [0.2, 0.25) is 10.0 Å². The second-order valence-corrected chi connectivity index (χ2v) is 7.78. The summed E-state index contributed by atoms with van der Waals surface area (Å²) in [7, 11) is -3.25. The fraction of sp³-hybridized carbons (Fsp3) is 0.562. The van der Waals surface area contributed by atoms with Crippen LogP contribution in [-0.2, 0) is 10.0 Å². The van der Waals surface area contributed by atoms with Gasteiger partial charge in [-0.25, -0.2) is 17.5 Å². The Balaban J connectivity index is 1.99. The van der Waals surface area contributed by atoms with Gasteiger partial charge in [0, 0.05) is 18.0 Å². The van der Waals surface area contributed by atoms with E-state index in [2.05, 4.69) is 4.72 Å². The van der Waals surface area contributed by atoms with Crippen LogP contribution in [-0.4, -0.2) is 26.8 Å². The summed E-state index contributed by atoms with van der Waals surface area (Å²) < 4.78 is 45.5. The van der Waals surface area contributed by atoms with Crippen LogP contribution in [0.15, 0.2) is 18.2 Å². The highest BCUT2D eigenvalue weighted by Crippen LogP contribution is 2.26. The van der Waals surface area contributed by atoms with Gasteiger partial charge in [0.05, 0.1) is 17.9 Å². The van der Waals surface area contributed by atoms with Gasteiger partial charge in [-0.2, -0.15) is 5.26 Å². The zero-order valence-electron chi connectivity index (χ0n) is 13.1. The predicted octanol–water partition coefficient (Wildman–Crippen LogP) is 2.57. The molecule has 1 aliphatic carbocycles. The summed E-state index contributed by atoms with van der Waals surface area (Å²) in [6.45, 7) is 1.93. The maximum atomic E-state index is 13.6. The lowest BCUT2D eigenvalue weighted by molar-refractivity contribution is 0.180. The molecule has 2 atom stereocenters. The Morgan fingerprint density at radius 3 is 2.78 bits per heavy atom. The van der Waals surface area contributed by atoms with Crippen molar-refractivity contribution >= 4 is 10.0 Å². The molecule has 0 spiro atoms. The minimum atomic E-state index is -3.25. The number of nitrogens with zero attached hydrogens (tertiary/aromatic N) is 1. The van der Waals surface area contributed by atoms with Crippen LogP contribution < -0.4 is 9.46 Å². The van der Waals surface area contributed by atoms with Gasteiger partial charge < -0.3 is 4.74 Å². The maximum absolute atomic E-state index is 13.6. The third-order valence-corrected chi connectivity index (χ3v) is 5.57. The van der Waals surface area contributed by atoms with E-state index in [0.717, 1.165) is 25.7 Å². The number of hydrogen-bond donors (Lipinski definition) is 1. The zero-order valence-corrected chi connectivity index (χ0v) is 13.9. The lowest BCUT2D eigenvalue weighted by atomic mass is 9.86. The lowest BCUT2D eigenvalue weighted by Gasteiger charge is -2.31. The first-order valence-electron chi connectivity index (χ1n) is 7.77. The molecule has 0 bridgehead atoms. The van der Waals surface area contributed by atoms with E-state index in [9.17, 15) is 12.8 Å². The molecule has 0 saturated heterocycles. The molecule has 1 N–H and O–H groups in total. The average molecular weight is 340 g/mol. The maximum Gasteiger partial charge on any atom is 0.211 e. The van der Waals surface area contributed by atoms with E-state index in [0.29, 0.717) is 12.4 Å². The molecule has 7 heteroatoms. The van der Waals surface area contributed by atoms with E-state index in [1.165, 1.54) is 12.1 Å². The van der Waals surface area contributed by atoms with Gasteiger partial charge in [-0.3, -0.25) is 0 Å². The van der Waals surface area contributed by atoms with Crippen LogP contribution in [0.25, 0.3) is 0 Å². The van der Waals surface area contributed by atoms with E-state index in [1.54, 1.807) is 19.1 Å². The SMILES string of the molecule is CCS(=O)(=O)NC1CCCCC1COc1ccc(C#N)c(F)c1. The molecule has 1 saturated carbocycles. The molecule has 23 heavy (non-hydrogen) atoms. The van der Waals surface area contributed by atoms with E-state index in [-0.39, 0.29) is 23.3 Å². The smallest absolute Gasteiger partial charge is 0.211 e. The zero-order chi connectivity index (χ0) is 16.9. The number of nitriles is 1. The number of hydrogen-bond acceptors (Lipinski definition) is 4. The number of halogens is 1. The second-order valence-electron chi connectivity index (χ2n) is 5.74. The quantitative estimate of drug-likeness (QED) is 0.863. The minimum absolute atomic E-state index is 0.0244. The fourth-order valence-electron chi connectivity index (χ4n) is 2.76. The summed E-state index contributed by atoms with van der Waals surface area (Å²) in [5, 5.41) is 8.71. The van der Waals surface area contributed by atoms with Gasteiger partial charge in [-0.15, -0.1) is 0 Å². The van der Waals surface area contributed by atoms with Crippen LogP contribution in [0.1, 0.15) is 38.2 Å². The second kappa shape index (κ2) is 7.75. The molecule has 1 aromatic rings. The standard InChI is InChI=1S/C16H21FN2O3S/c1-2-23(20,21)19-16-6-4-3-5-13(16)11-22-14-8-7-12(10-18)15(17)9-14/h7-9,13,16,19H,2-6,11H2,1H3. The van der Waals surface area contributed by atoms with Crippen molar-refractivity contribution in [3.05, 3.63) is 29.6 Å². The molecule has 1 aromatic carbocycles. The predicted molar refractivity (Wildman–Crippen MR) is 85.0 cm³/mol. The monoisotopic (exact) mass is 340 g/mol. The van der Waals surface area contributed by atoms with Crippen molar-refractivity contribution < 1.29 is 17.5 Å². The van der Waals surface area contributed by atoms with E-state index < -0.39 is 15.8 Å². The molecule has 1 aliphatic rings. The molecular formula is C16H21FN2O3S. The average Bonchev–Trinajstić information content (AvgIpc) is 2.54. The van der Waals surface area contributed by atoms with Gasteiger partial charge in [-0.1, -0.05) is 12.8 Å². The summed E-state index contributed by atoms with van der Waals surface area (Å²) in [4.78, 5) is 0. The van der Waals surface area contributed by atoms with Crippen LogP contribution in [0.2, 0.25) is 0 Å². The molecule has 1 fully saturated rings. The Morgan fingerprint density at radius 1 is 1.39 bits per heavy atom.